The van der Waals surface area contributed by atoms with Crippen molar-refractivity contribution in [2.24, 2.45) is 5.41 Å². The molecular weight excluding hydrogens is 295 g/mol. The number of hydrogen-bond donors (Lipinski definition) is 2. The first-order chi connectivity index (χ1) is 8.50. The molecule has 4 heteroatoms. The Kier molecular flexibility index (Phi) is 4.15. The minimum absolute atomic E-state index is 0.318. The van der Waals surface area contributed by atoms with Crippen LogP contribution in [0.5, 0.6) is 0 Å². The summed E-state index contributed by atoms with van der Waals surface area (Å²) in [6.07, 6.45) is 6.46. The molecular formula is C14H20BrFN2. The molecule has 0 saturated heterocycles. The van der Waals surface area contributed by atoms with Gasteiger partial charge in [0.15, 0.2) is 0 Å². The van der Waals surface area contributed by atoms with E-state index >= 15 is 0 Å². The summed E-state index contributed by atoms with van der Waals surface area (Å²) >= 11 is 3.19. The number of nitrogens with one attached hydrogen (secondary N) is 1. The van der Waals surface area contributed by atoms with E-state index in [9.17, 15) is 4.39 Å². The quantitative estimate of drug-likeness (QED) is 0.803. The van der Waals surface area contributed by atoms with Gasteiger partial charge in [-0.25, -0.2) is 4.39 Å². The second kappa shape index (κ2) is 5.47. The van der Waals surface area contributed by atoms with Crippen LogP contribution >= 0.6 is 15.9 Å². The zero-order valence-corrected chi connectivity index (χ0v) is 12.3. The van der Waals surface area contributed by atoms with Gasteiger partial charge in [-0.1, -0.05) is 26.2 Å². The van der Waals surface area contributed by atoms with E-state index in [2.05, 4.69) is 28.2 Å². The summed E-state index contributed by atoms with van der Waals surface area (Å²) in [7, 11) is 0. The number of nitrogen functional groups attached to an aromatic ring is 1. The second-order valence-electron chi connectivity index (χ2n) is 5.58. The summed E-state index contributed by atoms with van der Waals surface area (Å²) in [5.41, 5.74) is 7.45. The maximum absolute atomic E-state index is 13.3. The first-order valence-electron chi connectivity index (χ1n) is 6.49. The molecule has 0 atom stereocenters. The molecule has 2 rings (SSSR count). The van der Waals surface area contributed by atoms with Crippen LogP contribution in [-0.4, -0.2) is 6.54 Å². The van der Waals surface area contributed by atoms with Crippen LogP contribution < -0.4 is 11.1 Å². The molecule has 0 aromatic heterocycles. The van der Waals surface area contributed by atoms with Crippen LogP contribution in [0.4, 0.5) is 15.8 Å². The fraction of sp³-hybridized carbons (Fsp3) is 0.571. The van der Waals surface area contributed by atoms with Crippen LogP contribution in [-0.2, 0) is 0 Å². The molecule has 1 aromatic carbocycles. The van der Waals surface area contributed by atoms with E-state index < -0.39 is 0 Å². The lowest BCUT2D eigenvalue weighted by Gasteiger charge is -2.34. The molecule has 1 aromatic rings. The molecule has 0 unspecified atom stereocenters. The highest BCUT2D eigenvalue weighted by Gasteiger charge is 2.26. The number of rotatable bonds is 3. The van der Waals surface area contributed by atoms with Gasteiger partial charge in [0.05, 0.1) is 15.8 Å². The molecule has 1 fully saturated rings. The Bertz CT molecular complexity index is 428. The summed E-state index contributed by atoms with van der Waals surface area (Å²) < 4.78 is 13.7. The third kappa shape index (κ3) is 3.16. The first-order valence-corrected chi connectivity index (χ1v) is 7.28. The molecule has 100 valence electrons. The van der Waals surface area contributed by atoms with Crippen LogP contribution in [0, 0.1) is 11.2 Å². The van der Waals surface area contributed by atoms with Gasteiger partial charge < -0.3 is 11.1 Å². The van der Waals surface area contributed by atoms with Gasteiger partial charge in [0.25, 0.3) is 0 Å². The average molecular weight is 315 g/mol. The standard InChI is InChI=1S/C14H20BrFN2/c1-14(5-3-2-4-6-14)9-18-13-7-10(15)11(16)8-12(13)17/h7-8,18H,2-6,9,17H2,1H3. The fourth-order valence-electron chi connectivity index (χ4n) is 2.61. The monoisotopic (exact) mass is 314 g/mol. The second-order valence-corrected chi connectivity index (χ2v) is 6.43. The normalized spacial score (nSPS) is 18.6. The van der Waals surface area contributed by atoms with E-state index in [1.54, 1.807) is 6.07 Å². The van der Waals surface area contributed by atoms with Crippen LogP contribution in [0.25, 0.3) is 0 Å². The predicted molar refractivity (Wildman–Crippen MR) is 78.2 cm³/mol. The third-order valence-electron chi connectivity index (χ3n) is 3.86. The lowest BCUT2D eigenvalue weighted by molar-refractivity contribution is 0.233. The summed E-state index contributed by atoms with van der Waals surface area (Å²) in [5.74, 6) is -0.318. The number of halogens is 2. The van der Waals surface area contributed by atoms with E-state index in [1.165, 1.54) is 38.2 Å². The molecule has 18 heavy (non-hydrogen) atoms. The minimum atomic E-state index is -0.318. The van der Waals surface area contributed by atoms with Crippen LogP contribution in [0.2, 0.25) is 0 Å². The van der Waals surface area contributed by atoms with E-state index in [0.29, 0.717) is 15.6 Å². The summed E-state index contributed by atoms with van der Waals surface area (Å²) in [4.78, 5) is 0. The van der Waals surface area contributed by atoms with Crippen LogP contribution in [0.1, 0.15) is 39.0 Å². The largest absolute Gasteiger partial charge is 0.397 e. The molecule has 3 N–H and O–H groups in total. The number of anilines is 2. The van der Waals surface area contributed by atoms with Crippen molar-refractivity contribution < 1.29 is 4.39 Å². The van der Waals surface area contributed by atoms with Gasteiger partial charge >= 0.3 is 0 Å². The SMILES string of the molecule is CC1(CNc2cc(Br)c(F)cc2N)CCCCC1. The lowest BCUT2D eigenvalue weighted by atomic mass is 9.76. The molecule has 2 nitrogen and oxygen atoms in total. The van der Waals surface area contributed by atoms with Crippen molar-refractivity contribution in [1.82, 2.24) is 0 Å². The van der Waals surface area contributed by atoms with Crippen LogP contribution in [0.3, 0.4) is 0 Å². The number of benzene rings is 1. The van der Waals surface area contributed by atoms with Crippen molar-refractivity contribution in [1.29, 1.82) is 0 Å². The Morgan fingerprint density at radius 3 is 2.67 bits per heavy atom. The first kappa shape index (κ1) is 13.7. The Balaban J connectivity index is 2.03. The molecule has 0 radical (unpaired) electrons. The Morgan fingerprint density at radius 1 is 1.33 bits per heavy atom. The zero-order valence-electron chi connectivity index (χ0n) is 10.7. The van der Waals surface area contributed by atoms with Crippen molar-refractivity contribution in [2.45, 2.75) is 39.0 Å². The fourth-order valence-corrected chi connectivity index (χ4v) is 2.95. The molecule has 0 spiro atoms. The maximum atomic E-state index is 13.3. The predicted octanol–water partition coefficient (Wildman–Crippen LogP) is 4.55. The maximum Gasteiger partial charge on any atom is 0.139 e. The smallest absolute Gasteiger partial charge is 0.139 e. The molecule has 0 amide bonds. The topological polar surface area (TPSA) is 38.0 Å². The van der Waals surface area contributed by atoms with E-state index in [-0.39, 0.29) is 5.82 Å². The molecule has 0 bridgehead atoms. The van der Waals surface area contributed by atoms with Crippen LogP contribution in [0.15, 0.2) is 16.6 Å². The van der Waals surface area contributed by atoms with Gasteiger partial charge in [-0.05, 0) is 40.3 Å². The molecule has 0 aliphatic heterocycles. The van der Waals surface area contributed by atoms with Gasteiger partial charge in [0.1, 0.15) is 5.82 Å². The Hall–Kier alpha value is -0.770. The highest BCUT2D eigenvalue weighted by Crippen LogP contribution is 2.36. The van der Waals surface area contributed by atoms with Crippen molar-refractivity contribution in [3.8, 4) is 0 Å². The lowest BCUT2D eigenvalue weighted by Crippen LogP contribution is -2.29. The molecule has 0 heterocycles. The van der Waals surface area contributed by atoms with Crippen molar-refractivity contribution in [2.75, 3.05) is 17.6 Å². The summed E-state index contributed by atoms with van der Waals surface area (Å²) in [6.45, 7) is 3.21. The Morgan fingerprint density at radius 2 is 2.00 bits per heavy atom. The van der Waals surface area contributed by atoms with Gasteiger partial charge in [-0.2, -0.15) is 0 Å². The average Bonchev–Trinajstić information content (AvgIpc) is 2.33. The van der Waals surface area contributed by atoms with Crippen molar-refractivity contribution >= 4 is 27.3 Å². The third-order valence-corrected chi connectivity index (χ3v) is 4.47. The van der Waals surface area contributed by atoms with Gasteiger partial charge in [0, 0.05) is 12.6 Å². The summed E-state index contributed by atoms with van der Waals surface area (Å²) in [5, 5.41) is 3.37. The molecule has 1 aliphatic rings. The van der Waals surface area contributed by atoms with Gasteiger partial charge in [-0.3, -0.25) is 0 Å². The van der Waals surface area contributed by atoms with E-state index in [4.69, 9.17) is 5.73 Å². The molecule has 1 aliphatic carbocycles. The van der Waals surface area contributed by atoms with Crippen molar-refractivity contribution in [3.63, 3.8) is 0 Å². The highest BCUT2D eigenvalue weighted by molar-refractivity contribution is 9.10. The van der Waals surface area contributed by atoms with E-state index in [1.807, 2.05) is 0 Å². The minimum Gasteiger partial charge on any atom is -0.397 e. The zero-order chi connectivity index (χ0) is 13.2. The molecule has 1 saturated carbocycles. The van der Waals surface area contributed by atoms with Gasteiger partial charge in [-0.15, -0.1) is 0 Å². The number of hydrogen-bond acceptors (Lipinski definition) is 2. The highest BCUT2D eigenvalue weighted by atomic mass is 79.9. The number of nitrogens with two attached hydrogens (primary N) is 1. The summed E-state index contributed by atoms with van der Waals surface area (Å²) in [6, 6.07) is 3.08. The van der Waals surface area contributed by atoms with Gasteiger partial charge in [0.2, 0.25) is 0 Å². The van der Waals surface area contributed by atoms with Crippen molar-refractivity contribution in [3.05, 3.63) is 22.4 Å². The Labute approximate surface area is 116 Å². The van der Waals surface area contributed by atoms with E-state index in [0.717, 1.165) is 12.2 Å².